The number of amides is 1. The number of hydrogen-bond donors (Lipinski definition) is 1. The number of nitrogens with one attached hydrogen (secondary N) is 1. The average molecular weight is 315 g/mol. The summed E-state index contributed by atoms with van der Waals surface area (Å²) < 4.78 is 28.7. The summed E-state index contributed by atoms with van der Waals surface area (Å²) in [6.07, 6.45) is 4.31. The van der Waals surface area contributed by atoms with Crippen LogP contribution in [0, 0.1) is 0 Å². The highest BCUT2D eigenvalue weighted by molar-refractivity contribution is 7.90. The summed E-state index contributed by atoms with van der Waals surface area (Å²) in [5, 5.41) is 0.566. The number of aryl methyl sites for hydroxylation is 1. The third-order valence-corrected chi connectivity index (χ3v) is 4.66. The topological polar surface area (TPSA) is 81.1 Å². The van der Waals surface area contributed by atoms with Gasteiger partial charge in [-0.2, -0.15) is 0 Å². The molecule has 1 aromatic carbocycles. The maximum atomic E-state index is 12.5. The van der Waals surface area contributed by atoms with Gasteiger partial charge in [-0.15, -0.1) is 0 Å². The van der Waals surface area contributed by atoms with Crippen molar-refractivity contribution in [3.05, 3.63) is 60.6 Å². The lowest BCUT2D eigenvalue weighted by atomic mass is 10.2. The number of pyridine rings is 1. The molecule has 22 heavy (non-hydrogen) atoms. The number of fused-ring (bicyclic) bond motifs is 1. The number of carbonyl (C=O) groups excluding carboxylic acids is 1. The van der Waals surface area contributed by atoms with Crippen LogP contribution in [-0.2, 0) is 17.1 Å². The fourth-order valence-corrected chi connectivity index (χ4v) is 3.48. The summed E-state index contributed by atoms with van der Waals surface area (Å²) >= 11 is 0. The van der Waals surface area contributed by atoms with Gasteiger partial charge in [0.05, 0.1) is 5.56 Å². The van der Waals surface area contributed by atoms with Crippen LogP contribution < -0.4 is 4.72 Å². The lowest BCUT2D eigenvalue weighted by Gasteiger charge is -2.05. The molecular weight excluding hydrogens is 302 g/mol. The van der Waals surface area contributed by atoms with E-state index in [-0.39, 0.29) is 10.5 Å². The van der Waals surface area contributed by atoms with Gasteiger partial charge in [0.25, 0.3) is 15.9 Å². The number of benzene rings is 1. The minimum absolute atomic E-state index is 0.0721. The van der Waals surface area contributed by atoms with Crippen LogP contribution >= 0.6 is 0 Å². The summed E-state index contributed by atoms with van der Waals surface area (Å²) in [5.74, 6) is -0.707. The third-order valence-electron chi connectivity index (χ3n) is 3.30. The second-order valence-corrected chi connectivity index (χ2v) is 6.45. The van der Waals surface area contributed by atoms with E-state index in [1.54, 1.807) is 29.8 Å². The molecule has 3 aromatic rings. The Kier molecular flexibility index (Phi) is 3.42. The summed E-state index contributed by atoms with van der Waals surface area (Å²) in [7, 11) is -2.21. The molecule has 1 amide bonds. The van der Waals surface area contributed by atoms with Crippen molar-refractivity contribution in [3.8, 4) is 0 Å². The van der Waals surface area contributed by atoms with Crippen molar-refractivity contribution >= 4 is 26.8 Å². The Morgan fingerprint density at radius 1 is 1.18 bits per heavy atom. The number of para-hydroxylation sites is 1. The predicted molar refractivity (Wildman–Crippen MR) is 81.8 cm³/mol. The first kappa shape index (κ1) is 14.3. The van der Waals surface area contributed by atoms with Gasteiger partial charge < -0.3 is 4.57 Å². The molecule has 3 rings (SSSR count). The molecule has 0 radical (unpaired) electrons. The molecular formula is C15H13N3O3S. The number of sulfonamides is 1. The molecule has 0 aliphatic rings. The number of aromatic nitrogens is 2. The standard InChI is InChI=1S/C15H13N3O3S/c1-18-10-14(12-6-2-3-7-13(12)18)22(20,21)17-15(19)11-5-4-8-16-9-11/h2-10H,1H3,(H,17,19). The Balaban J connectivity index is 2.01. The maximum Gasteiger partial charge on any atom is 0.266 e. The highest BCUT2D eigenvalue weighted by Crippen LogP contribution is 2.24. The molecule has 6 nitrogen and oxygen atoms in total. The minimum Gasteiger partial charge on any atom is -0.349 e. The molecule has 1 N–H and O–H groups in total. The molecule has 2 heterocycles. The molecule has 0 bridgehead atoms. The van der Waals surface area contributed by atoms with Crippen molar-refractivity contribution < 1.29 is 13.2 Å². The largest absolute Gasteiger partial charge is 0.349 e. The monoisotopic (exact) mass is 315 g/mol. The van der Waals surface area contributed by atoms with Crippen molar-refractivity contribution in [2.45, 2.75) is 4.90 Å². The summed E-state index contributed by atoms with van der Waals surface area (Å²) in [5.41, 5.74) is 0.961. The Hall–Kier alpha value is -2.67. The van der Waals surface area contributed by atoms with E-state index in [1.165, 1.54) is 24.7 Å². The molecule has 112 valence electrons. The second-order valence-electron chi connectivity index (χ2n) is 4.80. The van der Waals surface area contributed by atoms with E-state index in [9.17, 15) is 13.2 Å². The van der Waals surface area contributed by atoms with E-state index in [1.807, 2.05) is 12.1 Å². The van der Waals surface area contributed by atoms with Crippen LogP contribution in [0.4, 0.5) is 0 Å². The van der Waals surface area contributed by atoms with Gasteiger partial charge in [-0.3, -0.25) is 9.78 Å². The van der Waals surface area contributed by atoms with Crippen LogP contribution in [0.3, 0.4) is 0 Å². The highest BCUT2D eigenvalue weighted by Gasteiger charge is 2.23. The molecule has 0 aliphatic heterocycles. The second kappa shape index (κ2) is 5.27. The van der Waals surface area contributed by atoms with E-state index in [2.05, 4.69) is 9.71 Å². The van der Waals surface area contributed by atoms with Gasteiger partial charge in [0.15, 0.2) is 0 Å². The Bertz CT molecular complexity index is 947. The van der Waals surface area contributed by atoms with Crippen LogP contribution in [0.5, 0.6) is 0 Å². The first-order valence-corrected chi connectivity index (χ1v) is 7.98. The molecule has 0 spiro atoms. The van der Waals surface area contributed by atoms with Crippen LogP contribution in [0.25, 0.3) is 10.9 Å². The molecule has 7 heteroatoms. The molecule has 0 atom stereocenters. The molecule has 0 aliphatic carbocycles. The molecule has 0 saturated carbocycles. The smallest absolute Gasteiger partial charge is 0.266 e. The molecule has 2 aromatic heterocycles. The first-order chi connectivity index (χ1) is 10.5. The van der Waals surface area contributed by atoms with Gasteiger partial charge in [0.1, 0.15) is 4.90 Å². The van der Waals surface area contributed by atoms with E-state index in [0.717, 1.165) is 5.52 Å². The van der Waals surface area contributed by atoms with E-state index >= 15 is 0 Å². The number of nitrogens with zero attached hydrogens (tertiary/aromatic N) is 2. The van der Waals surface area contributed by atoms with Crippen LogP contribution in [0.2, 0.25) is 0 Å². The SMILES string of the molecule is Cn1cc(S(=O)(=O)NC(=O)c2cccnc2)c2ccccc21. The average Bonchev–Trinajstić information content (AvgIpc) is 2.86. The zero-order valence-corrected chi connectivity index (χ0v) is 12.5. The van der Waals surface area contributed by atoms with Gasteiger partial charge in [-0.05, 0) is 18.2 Å². The summed E-state index contributed by atoms with van der Waals surface area (Å²) in [6.45, 7) is 0. The fraction of sp³-hybridized carbons (Fsp3) is 0.0667. The van der Waals surface area contributed by atoms with Crippen LogP contribution in [-0.4, -0.2) is 23.9 Å². The zero-order chi connectivity index (χ0) is 15.7. The van der Waals surface area contributed by atoms with E-state index in [0.29, 0.717) is 5.39 Å². The summed E-state index contributed by atoms with van der Waals surface area (Å²) in [4.78, 5) is 15.9. The van der Waals surface area contributed by atoms with Gasteiger partial charge in [-0.1, -0.05) is 18.2 Å². The Labute approximate surface area is 127 Å². The highest BCUT2D eigenvalue weighted by atomic mass is 32.2. The lowest BCUT2D eigenvalue weighted by Crippen LogP contribution is -2.30. The normalized spacial score (nSPS) is 11.5. The van der Waals surface area contributed by atoms with Crippen molar-refractivity contribution in [2.24, 2.45) is 7.05 Å². The van der Waals surface area contributed by atoms with Crippen molar-refractivity contribution in [2.75, 3.05) is 0 Å². The van der Waals surface area contributed by atoms with Crippen molar-refractivity contribution in [1.29, 1.82) is 0 Å². The van der Waals surface area contributed by atoms with E-state index in [4.69, 9.17) is 0 Å². The predicted octanol–water partition coefficient (Wildman–Crippen LogP) is 1.69. The first-order valence-electron chi connectivity index (χ1n) is 6.50. The number of hydrogen-bond acceptors (Lipinski definition) is 4. The van der Waals surface area contributed by atoms with E-state index < -0.39 is 15.9 Å². The Morgan fingerprint density at radius 2 is 1.95 bits per heavy atom. The van der Waals surface area contributed by atoms with Gasteiger partial charge >= 0.3 is 0 Å². The number of carbonyl (C=O) groups is 1. The fourth-order valence-electron chi connectivity index (χ4n) is 2.25. The van der Waals surface area contributed by atoms with Crippen molar-refractivity contribution in [3.63, 3.8) is 0 Å². The summed E-state index contributed by atoms with van der Waals surface area (Å²) in [6, 6.07) is 10.2. The van der Waals surface area contributed by atoms with Gasteiger partial charge in [0.2, 0.25) is 0 Å². The quantitative estimate of drug-likeness (QED) is 0.797. The maximum absolute atomic E-state index is 12.5. The van der Waals surface area contributed by atoms with Gasteiger partial charge in [0, 0.05) is 36.5 Å². The van der Waals surface area contributed by atoms with Crippen LogP contribution in [0.1, 0.15) is 10.4 Å². The molecule has 0 fully saturated rings. The number of rotatable bonds is 3. The third kappa shape index (κ3) is 2.46. The lowest BCUT2D eigenvalue weighted by molar-refractivity contribution is 0.0981. The molecule has 0 saturated heterocycles. The van der Waals surface area contributed by atoms with Gasteiger partial charge in [-0.25, -0.2) is 13.1 Å². The minimum atomic E-state index is -3.96. The van der Waals surface area contributed by atoms with Crippen molar-refractivity contribution in [1.82, 2.24) is 14.3 Å². The molecule has 0 unspecified atom stereocenters. The Morgan fingerprint density at radius 3 is 2.68 bits per heavy atom. The van der Waals surface area contributed by atoms with Crippen LogP contribution in [0.15, 0.2) is 59.9 Å². The zero-order valence-electron chi connectivity index (χ0n) is 11.7.